The fourth-order valence-electron chi connectivity index (χ4n) is 1.52. The lowest BCUT2D eigenvalue weighted by atomic mass is 10.4. The van der Waals surface area contributed by atoms with Gasteiger partial charge in [0, 0.05) is 26.2 Å². The Morgan fingerprint density at radius 2 is 2.00 bits per heavy atom. The molecule has 0 atom stereocenters. The smallest absolute Gasteiger partial charge is 0.141 e. The van der Waals surface area contributed by atoms with Gasteiger partial charge in [-0.3, -0.25) is 0 Å². The summed E-state index contributed by atoms with van der Waals surface area (Å²) in [6.07, 6.45) is 1.22. The number of nitrogens with zero attached hydrogens (tertiary/aromatic N) is 3. The maximum absolute atomic E-state index is 12.6. The number of rotatable bonds is 2. The van der Waals surface area contributed by atoms with Gasteiger partial charge in [0.15, 0.2) is 0 Å². The van der Waals surface area contributed by atoms with Crippen molar-refractivity contribution in [1.82, 2.24) is 14.9 Å². The zero-order valence-corrected chi connectivity index (χ0v) is 8.78. The second kappa shape index (κ2) is 4.55. The minimum atomic E-state index is -0.307. The third-order valence-corrected chi connectivity index (χ3v) is 2.50. The number of likely N-dealkylation sites (N-methyl/N-ethyl adjacent to an activating group) is 1. The van der Waals surface area contributed by atoms with Crippen molar-refractivity contribution in [2.45, 2.75) is 0 Å². The first-order valence-corrected chi connectivity index (χ1v) is 5.06. The van der Waals surface area contributed by atoms with E-state index < -0.39 is 0 Å². The van der Waals surface area contributed by atoms with Crippen molar-refractivity contribution in [3.63, 3.8) is 0 Å². The van der Waals surface area contributed by atoms with Gasteiger partial charge in [-0.15, -0.1) is 0 Å². The summed E-state index contributed by atoms with van der Waals surface area (Å²) in [7, 11) is 2.10. The van der Waals surface area contributed by atoms with E-state index in [2.05, 4.69) is 27.4 Å². The molecule has 2 heterocycles. The number of hydrogen-bond acceptors (Lipinski definition) is 4. The average Bonchev–Trinajstić information content (AvgIpc) is 2.25. The van der Waals surface area contributed by atoms with Crippen molar-refractivity contribution < 1.29 is 4.39 Å². The molecule has 5 heteroatoms. The molecule has 1 aliphatic heterocycles. The van der Waals surface area contributed by atoms with E-state index in [1.165, 1.54) is 12.3 Å². The largest absolute Gasteiger partial charge is 0.304 e. The Bertz CT molecular complexity index is 306. The van der Waals surface area contributed by atoms with Crippen LogP contribution in [-0.2, 0) is 0 Å². The SMILES string of the molecule is CN1CCN(Nc2ccc(F)cn2)CC1. The van der Waals surface area contributed by atoms with Gasteiger partial charge >= 0.3 is 0 Å². The number of halogens is 1. The van der Waals surface area contributed by atoms with Gasteiger partial charge in [-0.05, 0) is 19.2 Å². The molecule has 1 N–H and O–H groups in total. The van der Waals surface area contributed by atoms with Crippen LogP contribution in [0.15, 0.2) is 18.3 Å². The molecule has 0 radical (unpaired) electrons. The second-order valence-electron chi connectivity index (χ2n) is 3.76. The molecule has 4 nitrogen and oxygen atoms in total. The molecule has 0 unspecified atom stereocenters. The number of pyridine rings is 1. The maximum Gasteiger partial charge on any atom is 0.141 e. The third-order valence-electron chi connectivity index (χ3n) is 2.50. The molecule has 2 rings (SSSR count). The molecular weight excluding hydrogens is 195 g/mol. The summed E-state index contributed by atoms with van der Waals surface area (Å²) >= 11 is 0. The minimum absolute atomic E-state index is 0.307. The molecule has 1 aliphatic rings. The highest BCUT2D eigenvalue weighted by Crippen LogP contribution is 2.06. The Labute approximate surface area is 88.7 Å². The number of hydrazine groups is 1. The Kier molecular flexibility index (Phi) is 3.13. The van der Waals surface area contributed by atoms with Gasteiger partial charge < -0.3 is 10.3 Å². The van der Waals surface area contributed by atoms with Gasteiger partial charge in [0.2, 0.25) is 0 Å². The molecule has 0 spiro atoms. The first-order chi connectivity index (χ1) is 7.24. The maximum atomic E-state index is 12.6. The number of hydrogen-bond donors (Lipinski definition) is 1. The van der Waals surface area contributed by atoms with E-state index in [0.717, 1.165) is 26.2 Å². The van der Waals surface area contributed by atoms with Gasteiger partial charge in [0.1, 0.15) is 11.6 Å². The Hall–Kier alpha value is -1.20. The summed E-state index contributed by atoms with van der Waals surface area (Å²) in [5.41, 5.74) is 3.16. The van der Waals surface area contributed by atoms with Crippen LogP contribution >= 0.6 is 0 Å². The Balaban J connectivity index is 1.89. The van der Waals surface area contributed by atoms with Gasteiger partial charge in [-0.1, -0.05) is 0 Å². The fourth-order valence-corrected chi connectivity index (χ4v) is 1.52. The topological polar surface area (TPSA) is 31.4 Å². The molecule has 82 valence electrons. The van der Waals surface area contributed by atoms with Gasteiger partial charge in [0.05, 0.1) is 6.20 Å². The van der Waals surface area contributed by atoms with Crippen LogP contribution in [0, 0.1) is 5.82 Å². The molecule has 0 saturated carbocycles. The summed E-state index contributed by atoms with van der Waals surface area (Å²) in [5.74, 6) is 0.389. The second-order valence-corrected chi connectivity index (χ2v) is 3.76. The van der Waals surface area contributed by atoms with Crippen molar-refractivity contribution in [2.75, 3.05) is 38.7 Å². The van der Waals surface area contributed by atoms with Crippen LogP contribution in [0.1, 0.15) is 0 Å². The zero-order chi connectivity index (χ0) is 10.7. The summed E-state index contributed by atoms with van der Waals surface area (Å²) in [6.45, 7) is 3.98. The van der Waals surface area contributed by atoms with Gasteiger partial charge in [-0.25, -0.2) is 14.4 Å². The molecule has 0 amide bonds. The third kappa shape index (κ3) is 2.87. The fraction of sp³-hybridized carbons (Fsp3) is 0.500. The Morgan fingerprint density at radius 1 is 1.27 bits per heavy atom. The first-order valence-electron chi connectivity index (χ1n) is 5.06. The highest BCUT2D eigenvalue weighted by Gasteiger charge is 2.13. The highest BCUT2D eigenvalue weighted by atomic mass is 19.1. The molecule has 1 saturated heterocycles. The van der Waals surface area contributed by atoms with E-state index in [4.69, 9.17) is 0 Å². The molecule has 0 bridgehead atoms. The molecule has 0 aliphatic carbocycles. The first kappa shape index (κ1) is 10.3. The van der Waals surface area contributed by atoms with Crippen molar-refractivity contribution in [3.05, 3.63) is 24.1 Å². The van der Waals surface area contributed by atoms with E-state index in [9.17, 15) is 4.39 Å². The lowest BCUT2D eigenvalue weighted by molar-refractivity contribution is 0.178. The number of piperazine rings is 1. The van der Waals surface area contributed by atoms with Crippen molar-refractivity contribution in [3.8, 4) is 0 Å². The molecule has 1 aromatic heterocycles. The summed E-state index contributed by atoms with van der Waals surface area (Å²) in [4.78, 5) is 6.22. The van der Waals surface area contributed by atoms with E-state index in [-0.39, 0.29) is 5.82 Å². The minimum Gasteiger partial charge on any atom is -0.304 e. The van der Waals surface area contributed by atoms with Crippen LogP contribution in [0.3, 0.4) is 0 Å². The Morgan fingerprint density at radius 3 is 2.60 bits per heavy atom. The van der Waals surface area contributed by atoms with Crippen LogP contribution in [0.25, 0.3) is 0 Å². The van der Waals surface area contributed by atoms with E-state index in [1.807, 2.05) is 0 Å². The van der Waals surface area contributed by atoms with Gasteiger partial charge in [-0.2, -0.15) is 0 Å². The summed E-state index contributed by atoms with van der Waals surface area (Å²) < 4.78 is 12.6. The molecule has 15 heavy (non-hydrogen) atoms. The van der Waals surface area contributed by atoms with E-state index in [1.54, 1.807) is 6.07 Å². The quantitative estimate of drug-likeness (QED) is 0.782. The number of aromatic nitrogens is 1. The highest BCUT2D eigenvalue weighted by molar-refractivity contribution is 5.32. The molecular formula is C10H15FN4. The lowest BCUT2D eigenvalue weighted by Gasteiger charge is -2.32. The van der Waals surface area contributed by atoms with E-state index >= 15 is 0 Å². The van der Waals surface area contributed by atoms with Crippen molar-refractivity contribution >= 4 is 5.82 Å². The van der Waals surface area contributed by atoms with Crippen LogP contribution in [-0.4, -0.2) is 48.1 Å². The van der Waals surface area contributed by atoms with Crippen LogP contribution in [0.4, 0.5) is 10.2 Å². The number of nitrogens with one attached hydrogen (secondary N) is 1. The summed E-state index contributed by atoms with van der Waals surface area (Å²) in [5, 5.41) is 2.10. The molecule has 1 fully saturated rings. The van der Waals surface area contributed by atoms with Crippen molar-refractivity contribution in [2.24, 2.45) is 0 Å². The average molecular weight is 210 g/mol. The van der Waals surface area contributed by atoms with Crippen LogP contribution < -0.4 is 5.43 Å². The van der Waals surface area contributed by atoms with E-state index in [0.29, 0.717) is 5.82 Å². The predicted molar refractivity (Wildman–Crippen MR) is 56.9 cm³/mol. The van der Waals surface area contributed by atoms with Crippen LogP contribution in [0.5, 0.6) is 0 Å². The standard InChI is InChI=1S/C10H15FN4/c1-14-4-6-15(7-5-14)13-10-3-2-9(11)8-12-10/h2-3,8H,4-7H2,1H3,(H,12,13). The number of anilines is 1. The van der Waals surface area contributed by atoms with Gasteiger partial charge in [0.25, 0.3) is 0 Å². The summed E-state index contributed by atoms with van der Waals surface area (Å²) in [6, 6.07) is 3.05. The molecule has 0 aromatic carbocycles. The lowest BCUT2D eigenvalue weighted by Crippen LogP contribution is -2.47. The van der Waals surface area contributed by atoms with Crippen molar-refractivity contribution in [1.29, 1.82) is 0 Å². The monoisotopic (exact) mass is 210 g/mol. The van der Waals surface area contributed by atoms with Crippen LogP contribution in [0.2, 0.25) is 0 Å². The molecule has 1 aromatic rings. The zero-order valence-electron chi connectivity index (χ0n) is 8.78. The predicted octanol–water partition coefficient (Wildman–Crippen LogP) is 0.795. The normalized spacial score (nSPS) is 19.1.